The monoisotopic (exact) mass is 323 g/mol. The van der Waals surface area contributed by atoms with Crippen LogP contribution in [0.25, 0.3) is 0 Å². The standard InChI is InChI=1S/C16H22BrNO/c17-14-6-3-7-15(10-14)19-9-8-16(11-18-12-16)13-4-1-2-5-13/h3,6-7,10,13,18H,1-2,4-5,8-9,11-12H2. The molecule has 0 bridgehead atoms. The zero-order valence-corrected chi connectivity index (χ0v) is 12.9. The van der Waals surface area contributed by atoms with Gasteiger partial charge in [-0.05, 0) is 43.4 Å². The Morgan fingerprint density at radius 2 is 2.05 bits per heavy atom. The van der Waals surface area contributed by atoms with E-state index in [4.69, 9.17) is 4.74 Å². The van der Waals surface area contributed by atoms with E-state index < -0.39 is 0 Å². The minimum Gasteiger partial charge on any atom is -0.494 e. The molecule has 0 unspecified atom stereocenters. The fourth-order valence-corrected chi connectivity index (χ4v) is 3.96. The molecule has 0 aromatic heterocycles. The van der Waals surface area contributed by atoms with Crippen LogP contribution in [0.3, 0.4) is 0 Å². The molecule has 2 nitrogen and oxygen atoms in total. The predicted molar refractivity (Wildman–Crippen MR) is 81.5 cm³/mol. The fourth-order valence-electron chi connectivity index (χ4n) is 3.58. The molecule has 19 heavy (non-hydrogen) atoms. The van der Waals surface area contributed by atoms with Crippen molar-refractivity contribution in [3.8, 4) is 5.75 Å². The van der Waals surface area contributed by atoms with Gasteiger partial charge in [-0.25, -0.2) is 0 Å². The summed E-state index contributed by atoms with van der Waals surface area (Å²) in [6, 6.07) is 8.13. The van der Waals surface area contributed by atoms with E-state index in [9.17, 15) is 0 Å². The van der Waals surface area contributed by atoms with Crippen molar-refractivity contribution in [3.05, 3.63) is 28.7 Å². The van der Waals surface area contributed by atoms with Crippen LogP contribution in [0.2, 0.25) is 0 Å². The van der Waals surface area contributed by atoms with E-state index >= 15 is 0 Å². The molecule has 1 aromatic carbocycles. The molecule has 1 saturated heterocycles. The Balaban J connectivity index is 1.53. The van der Waals surface area contributed by atoms with Gasteiger partial charge in [0.25, 0.3) is 0 Å². The molecule has 1 aliphatic heterocycles. The summed E-state index contributed by atoms with van der Waals surface area (Å²) < 4.78 is 7.00. The van der Waals surface area contributed by atoms with Gasteiger partial charge in [-0.2, -0.15) is 0 Å². The summed E-state index contributed by atoms with van der Waals surface area (Å²) >= 11 is 3.48. The van der Waals surface area contributed by atoms with Crippen molar-refractivity contribution in [2.45, 2.75) is 32.1 Å². The number of halogens is 1. The lowest BCUT2D eigenvalue weighted by molar-refractivity contribution is 0.0522. The number of ether oxygens (including phenoxy) is 1. The number of hydrogen-bond donors (Lipinski definition) is 1. The molecule has 0 atom stereocenters. The first-order valence-electron chi connectivity index (χ1n) is 7.38. The highest BCUT2D eigenvalue weighted by atomic mass is 79.9. The Labute approximate surface area is 124 Å². The molecular weight excluding hydrogens is 302 g/mol. The van der Waals surface area contributed by atoms with Crippen LogP contribution in [0.5, 0.6) is 5.75 Å². The molecule has 3 rings (SSSR count). The van der Waals surface area contributed by atoms with Crippen LogP contribution >= 0.6 is 15.9 Å². The second-order valence-corrected chi connectivity index (χ2v) is 6.92. The van der Waals surface area contributed by atoms with Gasteiger partial charge in [-0.15, -0.1) is 0 Å². The van der Waals surface area contributed by atoms with Crippen LogP contribution < -0.4 is 10.1 Å². The van der Waals surface area contributed by atoms with Crippen molar-refractivity contribution in [1.82, 2.24) is 5.32 Å². The smallest absolute Gasteiger partial charge is 0.120 e. The quantitative estimate of drug-likeness (QED) is 0.884. The molecule has 1 aliphatic carbocycles. The number of nitrogens with one attached hydrogen (secondary N) is 1. The summed E-state index contributed by atoms with van der Waals surface area (Å²) in [5.41, 5.74) is 0.530. The Morgan fingerprint density at radius 1 is 1.26 bits per heavy atom. The van der Waals surface area contributed by atoms with Gasteiger partial charge in [0.15, 0.2) is 0 Å². The first kappa shape index (κ1) is 13.4. The minimum atomic E-state index is 0.530. The van der Waals surface area contributed by atoms with E-state index in [1.54, 1.807) is 0 Å². The van der Waals surface area contributed by atoms with E-state index in [1.807, 2.05) is 24.3 Å². The fraction of sp³-hybridized carbons (Fsp3) is 0.625. The van der Waals surface area contributed by atoms with Crippen molar-refractivity contribution >= 4 is 15.9 Å². The SMILES string of the molecule is Brc1cccc(OCCC2(C3CCCC3)CNC2)c1. The maximum atomic E-state index is 5.92. The Hall–Kier alpha value is -0.540. The number of hydrogen-bond acceptors (Lipinski definition) is 2. The second kappa shape index (κ2) is 5.84. The van der Waals surface area contributed by atoms with Crippen LogP contribution in [0.15, 0.2) is 28.7 Å². The Bertz CT molecular complexity index is 425. The van der Waals surface area contributed by atoms with Gasteiger partial charge in [-0.3, -0.25) is 0 Å². The summed E-state index contributed by atoms with van der Waals surface area (Å²) in [6.45, 7) is 3.23. The van der Waals surface area contributed by atoms with Crippen LogP contribution in [-0.4, -0.2) is 19.7 Å². The molecule has 0 spiro atoms. The summed E-state index contributed by atoms with van der Waals surface area (Å²) in [7, 11) is 0. The lowest BCUT2D eigenvalue weighted by atomic mass is 9.68. The topological polar surface area (TPSA) is 21.3 Å². The largest absolute Gasteiger partial charge is 0.494 e. The molecular formula is C16H22BrNO. The molecule has 1 heterocycles. The molecule has 1 N–H and O–H groups in total. The Kier molecular flexibility index (Phi) is 4.13. The molecule has 0 amide bonds. The van der Waals surface area contributed by atoms with E-state index in [0.717, 1.165) is 22.7 Å². The molecule has 1 saturated carbocycles. The maximum absolute atomic E-state index is 5.92. The van der Waals surface area contributed by atoms with Crippen molar-refractivity contribution in [2.75, 3.05) is 19.7 Å². The van der Waals surface area contributed by atoms with Gasteiger partial charge in [-0.1, -0.05) is 34.8 Å². The molecule has 1 aromatic rings. The summed E-state index contributed by atoms with van der Waals surface area (Å²) in [4.78, 5) is 0. The van der Waals surface area contributed by atoms with Crippen molar-refractivity contribution in [3.63, 3.8) is 0 Å². The third kappa shape index (κ3) is 2.97. The highest BCUT2D eigenvalue weighted by Gasteiger charge is 2.44. The van der Waals surface area contributed by atoms with Gasteiger partial charge in [0.05, 0.1) is 6.61 Å². The van der Waals surface area contributed by atoms with Crippen molar-refractivity contribution in [1.29, 1.82) is 0 Å². The van der Waals surface area contributed by atoms with E-state index in [2.05, 4.69) is 21.2 Å². The lowest BCUT2D eigenvalue weighted by Gasteiger charge is -2.47. The molecule has 104 valence electrons. The average Bonchev–Trinajstić information content (AvgIpc) is 2.86. The van der Waals surface area contributed by atoms with Gasteiger partial charge in [0.2, 0.25) is 0 Å². The molecule has 3 heteroatoms. The summed E-state index contributed by atoms with van der Waals surface area (Å²) in [5.74, 6) is 1.91. The second-order valence-electron chi connectivity index (χ2n) is 6.00. The third-order valence-electron chi connectivity index (χ3n) is 4.84. The maximum Gasteiger partial charge on any atom is 0.120 e. The first-order chi connectivity index (χ1) is 9.28. The zero-order valence-electron chi connectivity index (χ0n) is 11.3. The lowest BCUT2D eigenvalue weighted by Crippen LogP contribution is -2.57. The summed E-state index contributed by atoms with van der Waals surface area (Å²) in [6.07, 6.45) is 6.91. The number of rotatable bonds is 5. The van der Waals surface area contributed by atoms with Crippen LogP contribution in [-0.2, 0) is 0 Å². The molecule has 2 fully saturated rings. The Morgan fingerprint density at radius 3 is 2.68 bits per heavy atom. The van der Waals surface area contributed by atoms with Crippen molar-refractivity contribution < 1.29 is 4.74 Å². The third-order valence-corrected chi connectivity index (χ3v) is 5.33. The van der Waals surface area contributed by atoms with Crippen LogP contribution in [0, 0.1) is 11.3 Å². The van der Waals surface area contributed by atoms with Gasteiger partial charge < -0.3 is 10.1 Å². The zero-order chi connectivity index (χ0) is 13.1. The van der Waals surface area contributed by atoms with Crippen LogP contribution in [0.4, 0.5) is 0 Å². The first-order valence-corrected chi connectivity index (χ1v) is 8.17. The minimum absolute atomic E-state index is 0.530. The highest BCUT2D eigenvalue weighted by Crippen LogP contribution is 2.45. The van der Waals surface area contributed by atoms with E-state index in [1.165, 1.54) is 45.2 Å². The van der Waals surface area contributed by atoms with Crippen LogP contribution in [0.1, 0.15) is 32.1 Å². The van der Waals surface area contributed by atoms with E-state index in [-0.39, 0.29) is 0 Å². The van der Waals surface area contributed by atoms with Crippen molar-refractivity contribution in [2.24, 2.45) is 11.3 Å². The normalized spacial score (nSPS) is 22.2. The predicted octanol–water partition coefficient (Wildman–Crippen LogP) is 4.00. The van der Waals surface area contributed by atoms with E-state index in [0.29, 0.717) is 5.41 Å². The van der Waals surface area contributed by atoms with Gasteiger partial charge >= 0.3 is 0 Å². The average molecular weight is 324 g/mol. The molecule has 2 aliphatic rings. The molecule has 0 radical (unpaired) electrons. The number of benzene rings is 1. The highest BCUT2D eigenvalue weighted by molar-refractivity contribution is 9.10. The van der Waals surface area contributed by atoms with Gasteiger partial charge in [0.1, 0.15) is 5.75 Å². The van der Waals surface area contributed by atoms with Gasteiger partial charge in [0, 0.05) is 23.0 Å². The summed E-state index contributed by atoms with van der Waals surface area (Å²) in [5, 5.41) is 3.47.